The van der Waals surface area contributed by atoms with Crippen molar-refractivity contribution < 1.29 is 18.7 Å². The first-order valence-corrected chi connectivity index (χ1v) is 5.01. The molecule has 1 rings (SSSR count). The second kappa shape index (κ2) is 5.56. The van der Waals surface area contributed by atoms with Crippen molar-refractivity contribution in [2.24, 2.45) is 0 Å². The van der Waals surface area contributed by atoms with Crippen molar-refractivity contribution in [1.82, 2.24) is 0 Å². The molecule has 0 aliphatic carbocycles. The molecular formula is C11H16O4. The molecule has 0 fully saturated rings. The van der Waals surface area contributed by atoms with Crippen LogP contribution in [0, 0.1) is 0 Å². The monoisotopic (exact) mass is 212 g/mol. The Balaban J connectivity index is 2.55. The highest BCUT2D eigenvalue weighted by Crippen LogP contribution is 2.11. The van der Waals surface area contributed by atoms with Crippen LogP contribution in [-0.4, -0.2) is 18.7 Å². The smallest absolute Gasteiger partial charge is 0.374 e. The summed E-state index contributed by atoms with van der Waals surface area (Å²) < 4.78 is 15.4. The Kier molecular flexibility index (Phi) is 4.37. The van der Waals surface area contributed by atoms with E-state index >= 15 is 0 Å². The van der Waals surface area contributed by atoms with Crippen molar-refractivity contribution in [1.29, 1.82) is 0 Å². The number of hydrogen-bond acceptors (Lipinski definition) is 4. The zero-order valence-corrected chi connectivity index (χ0v) is 9.28. The SMILES string of the molecule is CCOCc1ccc(C(=O)OC(C)C)o1. The summed E-state index contributed by atoms with van der Waals surface area (Å²) in [6.07, 6.45) is -0.141. The van der Waals surface area contributed by atoms with Crippen LogP contribution in [0.15, 0.2) is 16.5 Å². The molecule has 15 heavy (non-hydrogen) atoms. The van der Waals surface area contributed by atoms with E-state index in [2.05, 4.69) is 0 Å². The fourth-order valence-electron chi connectivity index (χ4n) is 1.04. The highest BCUT2D eigenvalue weighted by molar-refractivity contribution is 5.86. The maximum Gasteiger partial charge on any atom is 0.374 e. The molecule has 0 N–H and O–H groups in total. The van der Waals surface area contributed by atoms with Crippen LogP contribution in [0.2, 0.25) is 0 Å². The van der Waals surface area contributed by atoms with Crippen molar-refractivity contribution >= 4 is 5.97 Å². The highest BCUT2D eigenvalue weighted by Gasteiger charge is 2.13. The minimum Gasteiger partial charge on any atom is -0.457 e. The van der Waals surface area contributed by atoms with Gasteiger partial charge in [-0.15, -0.1) is 0 Å². The Morgan fingerprint density at radius 1 is 1.47 bits per heavy atom. The van der Waals surface area contributed by atoms with Crippen molar-refractivity contribution in [3.8, 4) is 0 Å². The molecule has 0 aliphatic heterocycles. The molecule has 0 radical (unpaired) electrons. The van der Waals surface area contributed by atoms with Crippen molar-refractivity contribution in [2.45, 2.75) is 33.5 Å². The van der Waals surface area contributed by atoms with Crippen LogP contribution in [0.1, 0.15) is 37.1 Å². The van der Waals surface area contributed by atoms with E-state index in [1.54, 1.807) is 26.0 Å². The molecule has 0 spiro atoms. The molecule has 4 nitrogen and oxygen atoms in total. The molecule has 0 amide bonds. The Morgan fingerprint density at radius 3 is 2.80 bits per heavy atom. The predicted molar refractivity (Wildman–Crippen MR) is 54.6 cm³/mol. The number of rotatable bonds is 5. The van der Waals surface area contributed by atoms with E-state index in [-0.39, 0.29) is 11.9 Å². The third-order valence-corrected chi connectivity index (χ3v) is 1.65. The Bertz CT molecular complexity index is 314. The van der Waals surface area contributed by atoms with E-state index in [0.29, 0.717) is 19.0 Å². The Morgan fingerprint density at radius 2 is 2.20 bits per heavy atom. The number of hydrogen-bond donors (Lipinski definition) is 0. The van der Waals surface area contributed by atoms with Gasteiger partial charge in [-0.3, -0.25) is 0 Å². The molecule has 4 heteroatoms. The van der Waals surface area contributed by atoms with Crippen LogP contribution in [0.25, 0.3) is 0 Å². The molecule has 0 atom stereocenters. The van der Waals surface area contributed by atoms with Gasteiger partial charge in [0.2, 0.25) is 5.76 Å². The van der Waals surface area contributed by atoms with E-state index in [4.69, 9.17) is 13.9 Å². The van der Waals surface area contributed by atoms with Crippen LogP contribution < -0.4 is 0 Å². The normalized spacial score (nSPS) is 10.7. The Labute approximate surface area is 89.2 Å². The molecule has 0 bridgehead atoms. The lowest BCUT2D eigenvalue weighted by molar-refractivity contribution is 0.0333. The lowest BCUT2D eigenvalue weighted by Crippen LogP contribution is -2.10. The first kappa shape index (κ1) is 11.8. The van der Waals surface area contributed by atoms with Gasteiger partial charge in [-0.25, -0.2) is 4.79 Å². The summed E-state index contributed by atoms with van der Waals surface area (Å²) >= 11 is 0. The zero-order valence-electron chi connectivity index (χ0n) is 9.28. The fraction of sp³-hybridized carbons (Fsp3) is 0.545. The van der Waals surface area contributed by atoms with Gasteiger partial charge in [-0.2, -0.15) is 0 Å². The quantitative estimate of drug-likeness (QED) is 0.703. The van der Waals surface area contributed by atoms with Gasteiger partial charge in [0.15, 0.2) is 0 Å². The van der Waals surface area contributed by atoms with Gasteiger partial charge in [0.1, 0.15) is 12.4 Å². The van der Waals surface area contributed by atoms with Crippen molar-refractivity contribution in [3.05, 3.63) is 23.7 Å². The molecule has 0 saturated heterocycles. The summed E-state index contributed by atoms with van der Waals surface area (Å²) in [6.45, 7) is 6.48. The number of ether oxygens (including phenoxy) is 2. The topological polar surface area (TPSA) is 48.7 Å². The van der Waals surface area contributed by atoms with Gasteiger partial charge < -0.3 is 13.9 Å². The predicted octanol–water partition coefficient (Wildman–Crippen LogP) is 2.38. The summed E-state index contributed by atoms with van der Waals surface area (Å²) in [4.78, 5) is 11.4. The highest BCUT2D eigenvalue weighted by atomic mass is 16.6. The molecule has 0 aliphatic rings. The van der Waals surface area contributed by atoms with E-state index in [9.17, 15) is 4.79 Å². The maximum atomic E-state index is 11.4. The number of furan rings is 1. The van der Waals surface area contributed by atoms with Gasteiger partial charge in [0.25, 0.3) is 0 Å². The molecule has 0 aromatic carbocycles. The molecule has 1 aromatic rings. The van der Waals surface area contributed by atoms with E-state index < -0.39 is 5.97 Å². The standard InChI is InChI=1S/C11H16O4/c1-4-13-7-9-5-6-10(15-9)11(12)14-8(2)3/h5-6,8H,4,7H2,1-3H3. The minimum atomic E-state index is -0.437. The molecular weight excluding hydrogens is 196 g/mol. The first-order valence-electron chi connectivity index (χ1n) is 5.01. The second-order valence-corrected chi connectivity index (χ2v) is 3.36. The molecule has 1 heterocycles. The van der Waals surface area contributed by atoms with Crippen molar-refractivity contribution in [2.75, 3.05) is 6.61 Å². The summed E-state index contributed by atoms with van der Waals surface area (Å²) in [7, 11) is 0. The van der Waals surface area contributed by atoms with Crippen molar-refractivity contribution in [3.63, 3.8) is 0 Å². The van der Waals surface area contributed by atoms with Crippen LogP contribution in [0.4, 0.5) is 0 Å². The van der Waals surface area contributed by atoms with Gasteiger partial charge in [-0.1, -0.05) is 0 Å². The van der Waals surface area contributed by atoms with Crippen LogP contribution in [0.5, 0.6) is 0 Å². The first-order chi connectivity index (χ1) is 7.13. The molecule has 0 saturated carbocycles. The average molecular weight is 212 g/mol. The van der Waals surface area contributed by atoms with E-state index in [0.717, 1.165) is 0 Å². The molecule has 1 aromatic heterocycles. The van der Waals surface area contributed by atoms with E-state index in [1.165, 1.54) is 0 Å². The maximum absolute atomic E-state index is 11.4. The lowest BCUT2D eigenvalue weighted by Gasteiger charge is -2.05. The summed E-state index contributed by atoms with van der Waals surface area (Å²) in [5, 5.41) is 0. The second-order valence-electron chi connectivity index (χ2n) is 3.36. The van der Waals surface area contributed by atoms with Gasteiger partial charge in [0.05, 0.1) is 6.10 Å². The Hall–Kier alpha value is -1.29. The molecule has 0 unspecified atom stereocenters. The molecule has 84 valence electrons. The van der Waals surface area contributed by atoms with Crippen LogP contribution in [-0.2, 0) is 16.1 Å². The minimum absolute atomic E-state index is 0.141. The number of carbonyl (C=O) groups excluding carboxylic acids is 1. The third-order valence-electron chi connectivity index (χ3n) is 1.65. The lowest BCUT2D eigenvalue weighted by atomic mass is 10.4. The summed E-state index contributed by atoms with van der Waals surface area (Å²) in [5.74, 6) is 0.415. The third kappa shape index (κ3) is 3.75. The fourth-order valence-corrected chi connectivity index (χ4v) is 1.04. The zero-order chi connectivity index (χ0) is 11.3. The van der Waals surface area contributed by atoms with Crippen LogP contribution in [0.3, 0.4) is 0 Å². The van der Waals surface area contributed by atoms with E-state index in [1.807, 2.05) is 6.92 Å². The summed E-state index contributed by atoms with van der Waals surface area (Å²) in [5.41, 5.74) is 0. The van der Waals surface area contributed by atoms with Gasteiger partial charge in [-0.05, 0) is 32.9 Å². The van der Waals surface area contributed by atoms with Crippen LogP contribution >= 0.6 is 0 Å². The van der Waals surface area contributed by atoms with Gasteiger partial charge in [0, 0.05) is 6.61 Å². The summed E-state index contributed by atoms with van der Waals surface area (Å²) in [6, 6.07) is 3.31. The average Bonchev–Trinajstić information content (AvgIpc) is 2.62. The largest absolute Gasteiger partial charge is 0.457 e. The number of esters is 1. The van der Waals surface area contributed by atoms with Gasteiger partial charge >= 0.3 is 5.97 Å². The number of carbonyl (C=O) groups is 1.